The third-order valence-electron chi connectivity index (χ3n) is 16.7. The Bertz CT molecular complexity index is 1340. The van der Waals surface area contributed by atoms with Crippen LogP contribution in [0.2, 0.25) is 0 Å². The predicted molar refractivity (Wildman–Crippen MR) is 337 cm³/mol. The summed E-state index contributed by atoms with van der Waals surface area (Å²) < 4.78 is 11.3. The molecule has 0 aliphatic carbocycles. The smallest absolute Gasteiger partial charge is 0.220 e. The Balaban J connectivity index is 2.05. The van der Waals surface area contributed by atoms with E-state index in [0.717, 1.165) is 44.9 Å². The van der Waals surface area contributed by atoms with Crippen molar-refractivity contribution in [1.29, 1.82) is 0 Å². The molecule has 1 heterocycles. The number of aliphatic hydroxyl groups is 5. The Kier molecular flexibility index (Phi) is 56.9. The molecule has 6 N–H and O–H groups in total. The molecule has 7 unspecified atom stereocenters. The van der Waals surface area contributed by atoms with E-state index < -0.39 is 49.5 Å². The molecule has 466 valence electrons. The van der Waals surface area contributed by atoms with Crippen molar-refractivity contribution < 1.29 is 39.8 Å². The van der Waals surface area contributed by atoms with Gasteiger partial charge in [0, 0.05) is 6.42 Å². The maximum atomic E-state index is 13.1. The maximum Gasteiger partial charge on any atom is 0.220 e. The average molecular weight is 1120 g/mol. The van der Waals surface area contributed by atoms with Gasteiger partial charge in [0.25, 0.3) is 0 Å². The molecular formula is C70H133NO8. The Morgan fingerprint density at radius 3 is 1.06 bits per heavy atom. The summed E-state index contributed by atoms with van der Waals surface area (Å²) in [6.07, 6.45) is 72.8. The summed E-state index contributed by atoms with van der Waals surface area (Å²) >= 11 is 0. The first-order valence-electron chi connectivity index (χ1n) is 34.7. The van der Waals surface area contributed by atoms with Crippen molar-refractivity contribution >= 4 is 5.91 Å². The number of allylic oxidation sites excluding steroid dienone is 5. The van der Waals surface area contributed by atoms with Gasteiger partial charge in [-0.05, 0) is 44.9 Å². The minimum atomic E-state index is -1.57. The number of amides is 1. The Morgan fingerprint density at radius 2 is 0.722 bits per heavy atom. The summed E-state index contributed by atoms with van der Waals surface area (Å²) in [5, 5.41) is 54.6. The molecule has 7 atom stereocenters. The molecule has 79 heavy (non-hydrogen) atoms. The zero-order chi connectivity index (χ0) is 57.2. The lowest BCUT2D eigenvalue weighted by Gasteiger charge is -2.40. The molecule has 0 aromatic carbocycles. The van der Waals surface area contributed by atoms with Gasteiger partial charge >= 0.3 is 0 Å². The molecule has 1 rings (SSSR count). The van der Waals surface area contributed by atoms with Crippen LogP contribution in [0.4, 0.5) is 0 Å². The van der Waals surface area contributed by atoms with E-state index in [4.69, 9.17) is 9.47 Å². The average Bonchev–Trinajstić information content (AvgIpc) is 3.47. The first-order valence-corrected chi connectivity index (χ1v) is 34.7. The largest absolute Gasteiger partial charge is 0.394 e. The summed E-state index contributed by atoms with van der Waals surface area (Å²) in [6.45, 7) is 3.79. The van der Waals surface area contributed by atoms with Gasteiger partial charge in [0.1, 0.15) is 24.4 Å². The van der Waals surface area contributed by atoms with Gasteiger partial charge in [-0.15, -0.1) is 0 Å². The molecule has 1 aliphatic rings. The summed E-state index contributed by atoms with van der Waals surface area (Å²) in [5.74, 6) is -0.184. The van der Waals surface area contributed by atoms with Gasteiger partial charge in [-0.1, -0.05) is 333 Å². The van der Waals surface area contributed by atoms with Gasteiger partial charge < -0.3 is 40.3 Å². The number of ether oxygens (including phenoxy) is 2. The summed E-state index contributed by atoms with van der Waals surface area (Å²) in [7, 11) is 0. The molecule has 1 fully saturated rings. The number of unbranched alkanes of at least 4 members (excludes halogenated alkanes) is 47. The third-order valence-corrected chi connectivity index (χ3v) is 16.7. The van der Waals surface area contributed by atoms with Crippen LogP contribution in [0.5, 0.6) is 0 Å². The highest BCUT2D eigenvalue weighted by molar-refractivity contribution is 5.76. The van der Waals surface area contributed by atoms with Crippen molar-refractivity contribution in [3.63, 3.8) is 0 Å². The fraction of sp³-hybridized carbons (Fsp3) is 0.900. The number of hydrogen-bond acceptors (Lipinski definition) is 8. The molecule has 0 aromatic rings. The second kappa shape index (κ2) is 59.6. The van der Waals surface area contributed by atoms with Crippen molar-refractivity contribution in [2.45, 2.75) is 391 Å². The predicted octanol–water partition coefficient (Wildman–Crippen LogP) is 18.6. The topological polar surface area (TPSA) is 149 Å². The van der Waals surface area contributed by atoms with Crippen molar-refractivity contribution in [2.75, 3.05) is 13.2 Å². The monoisotopic (exact) mass is 1120 g/mol. The van der Waals surface area contributed by atoms with Crippen LogP contribution in [-0.4, -0.2) is 87.5 Å². The van der Waals surface area contributed by atoms with Gasteiger partial charge in [-0.2, -0.15) is 0 Å². The highest BCUT2D eigenvalue weighted by Gasteiger charge is 2.44. The van der Waals surface area contributed by atoms with Crippen LogP contribution in [0.1, 0.15) is 348 Å². The van der Waals surface area contributed by atoms with Crippen LogP contribution in [-0.2, 0) is 14.3 Å². The molecule has 1 amide bonds. The summed E-state index contributed by atoms with van der Waals surface area (Å²) in [4.78, 5) is 13.1. The number of nitrogens with one attached hydrogen (secondary N) is 1. The standard InChI is InChI=1S/C70H133NO8/c1-3-5-7-9-11-13-15-17-19-21-22-23-24-25-26-27-28-29-30-31-32-33-34-35-36-37-38-39-40-41-42-44-46-48-50-52-54-56-58-60-66(74)71-63(62-78-70-69(77)68(76)67(75)65(61-72)79-70)64(73)59-57-55-53-51-49-47-45-43-20-18-16-14-12-10-8-6-4-2/h20,43,49,51,57,59,63-65,67-70,72-73,75-77H,3-19,21-42,44-48,50,52-56,58,60-62H2,1-2H3,(H,71,74)/b43-20+,51-49+,59-57+. The molecule has 0 saturated carbocycles. The SMILES string of the molecule is CCCCCCCCC/C=C/CC/C=C/CC/C=C/C(O)C(COC1OC(CO)C(O)C(O)C1O)NC(=O)CCCCCCCCCCCCCCCCCCCCCCCCCCCCCCCCCCCCCCCCC. The number of aliphatic hydroxyl groups excluding tert-OH is 5. The van der Waals surface area contributed by atoms with Crippen molar-refractivity contribution in [3.8, 4) is 0 Å². The molecule has 9 nitrogen and oxygen atoms in total. The number of carbonyl (C=O) groups is 1. The third kappa shape index (κ3) is 48.5. The quantitative estimate of drug-likeness (QED) is 0.0261. The molecule has 1 aliphatic heterocycles. The molecule has 0 aromatic heterocycles. The minimum Gasteiger partial charge on any atom is -0.394 e. The molecular weight excluding hydrogens is 983 g/mol. The van der Waals surface area contributed by atoms with E-state index in [1.807, 2.05) is 6.08 Å². The van der Waals surface area contributed by atoms with E-state index >= 15 is 0 Å². The maximum absolute atomic E-state index is 13.1. The van der Waals surface area contributed by atoms with E-state index in [0.29, 0.717) is 6.42 Å². The van der Waals surface area contributed by atoms with Gasteiger partial charge in [-0.3, -0.25) is 4.79 Å². The van der Waals surface area contributed by atoms with Crippen LogP contribution >= 0.6 is 0 Å². The fourth-order valence-electron chi connectivity index (χ4n) is 11.3. The van der Waals surface area contributed by atoms with Crippen molar-refractivity contribution in [3.05, 3.63) is 36.5 Å². The molecule has 1 saturated heterocycles. The molecule has 0 spiro atoms. The van der Waals surface area contributed by atoms with Crippen LogP contribution in [0.3, 0.4) is 0 Å². The molecule has 0 radical (unpaired) electrons. The first kappa shape index (κ1) is 75.4. The van der Waals surface area contributed by atoms with Crippen molar-refractivity contribution in [1.82, 2.24) is 5.32 Å². The van der Waals surface area contributed by atoms with Gasteiger partial charge in [0.15, 0.2) is 6.29 Å². The van der Waals surface area contributed by atoms with Gasteiger partial charge in [0.05, 0.1) is 25.4 Å². The van der Waals surface area contributed by atoms with Crippen LogP contribution < -0.4 is 5.32 Å². The van der Waals surface area contributed by atoms with E-state index in [9.17, 15) is 30.3 Å². The molecule has 9 heteroatoms. The van der Waals surface area contributed by atoms with E-state index in [1.54, 1.807) is 6.08 Å². The number of rotatable bonds is 61. The fourth-order valence-corrected chi connectivity index (χ4v) is 11.3. The lowest BCUT2D eigenvalue weighted by Crippen LogP contribution is -2.60. The Morgan fingerprint density at radius 1 is 0.418 bits per heavy atom. The van der Waals surface area contributed by atoms with E-state index in [-0.39, 0.29) is 12.5 Å². The zero-order valence-electron chi connectivity index (χ0n) is 52.2. The zero-order valence-corrected chi connectivity index (χ0v) is 52.2. The normalized spacial score (nSPS) is 18.7. The summed E-state index contributed by atoms with van der Waals surface area (Å²) in [5.41, 5.74) is 0. The highest BCUT2D eigenvalue weighted by Crippen LogP contribution is 2.23. The number of carbonyl (C=O) groups excluding carboxylic acids is 1. The Labute approximate surface area is 489 Å². The highest BCUT2D eigenvalue weighted by atomic mass is 16.7. The molecule has 0 bridgehead atoms. The van der Waals surface area contributed by atoms with E-state index in [2.05, 4.69) is 43.5 Å². The second-order valence-electron chi connectivity index (χ2n) is 24.3. The first-order chi connectivity index (χ1) is 38.8. The van der Waals surface area contributed by atoms with E-state index in [1.165, 1.54) is 283 Å². The lowest BCUT2D eigenvalue weighted by molar-refractivity contribution is -0.302. The summed E-state index contributed by atoms with van der Waals surface area (Å²) in [6, 6.07) is -0.827. The lowest BCUT2D eigenvalue weighted by atomic mass is 9.99. The van der Waals surface area contributed by atoms with Crippen LogP contribution in [0, 0.1) is 0 Å². The van der Waals surface area contributed by atoms with Crippen LogP contribution in [0.25, 0.3) is 0 Å². The Hall–Kier alpha value is -1.59. The van der Waals surface area contributed by atoms with Crippen LogP contribution in [0.15, 0.2) is 36.5 Å². The van der Waals surface area contributed by atoms with Crippen molar-refractivity contribution in [2.24, 2.45) is 0 Å². The number of hydrogen-bond donors (Lipinski definition) is 6. The van der Waals surface area contributed by atoms with Gasteiger partial charge in [-0.25, -0.2) is 0 Å². The van der Waals surface area contributed by atoms with Gasteiger partial charge in [0.2, 0.25) is 5.91 Å². The minimum absolute atomic E-state index is 0.184. The second-order valence-corrected chi connectivity index (χ2v) is 24.3.